The van der Waals surface area contributed by atoms with Crippen LogP contribution in [-0.4, -0.2) is 63.0 Å². The van der Waals surface area contributed by atoms with Crippen LogP contribution in [0.2, 0.25) is 0 Å². The molecule has 1 fully saturated rings. The molecule has 3 rings (SSSR count). The molecule has 0 spiro atoms. The maximum atomic E-state index is 12.6. The number of nitrogens with zero attached hydrogens (tertiary/aromatic N) is 5. The van der Waals surface area contributed by atoms with E-state index >= 15 is 0 Å². The first-order chi connectivity index (χ1) is 14.0. The minimum Gasteiger partial charge on any atom is -0.372 e. The summed E-state index contributed by atoms with van der Waals surface area (Å²) >= 11 is 1.33. The Balaban J connectivity index is 1.78. The van der Waals surface area contributed by atoms with Gasteiger partial charge in [0.05, 0.1) is 5.25 Å². The number of thioether (sulfide) groups is 1. The summed E-state index contributed by atoms with van der Waals surface area (Å²) in [6, 6.07) is 7.99. The van der Waals surface area contributed by atoms with Crippen LogP contribution in [0.3, 0.4) is 0 Å². The van der Waals surface area contributed by atoms with Gasteiger partial charge in [-0.1, -0.05) is 11.8 Å². The number of carbonyl (C=O) groups is 2. The zero-order valence-electron chi connectivity index (χ0n) is 17.4. The highest BCUT2D eigenvalue weighted by Crippen LogP contribution is 2.29. The second-order valence-corrected chi connectivity index (χ2v) is 8.06. The predicted octanol–water partition coefficient (Wildman–Crippen LogP) is 2.84. The Morgan fingerprint density at radius 3 is 2.45 bits per heavy atom. The molecule has 156 valence electrons. The third-order valence-corrected chi connectivity index (χ3v) is 6.11. The van der Waals surface area contributed by atoms with Gasteiger partial charge >= 0.3 is 6.03 Å². The van der Waals surface area contributed by atoms with Gasteiger partial charge in [0.15, 0.2) is 11.0 Å². The number of aromatic nitrogens is 3. The smallest absolute Gasteiger partial charge is 0.324 e. The van der Waals surface area contributed by atoms with E-state index in [1.165, 1.54) is 22.3 Å². The summed E-state index contributed by atoms with van der Waals surface area (Å²) in [5, 5.41) is 11.6. The van der Waals surface area contributed by atoms with E-state index in [0.29, 0.717) is 24.8 Å². The summed E-state index contributed by atoms with van der Waals surface area (Å²) in [5.74, 6) is 0.570. The summed E-state index contributed by atoms with van der Waals surface area (Å²) < 4.78 is 2.00. The molecular weight excluding hydrogens is 388 g/mol. The van der Waals surface area contributed by atoms with Gasteiger partial charge in [-0.15, -0.1) is 10.2 Å². The maximum Gasteiger partial charge on any atom is 0.324 e. The third-order valence-electron chi connectivity index (χ3n) is 5.04. The molecule has 0 bridgehead atoms. The number of hydrogen-bond donors (Lipinski definition) is 1. The summed E-state index contributed by atoms with van der Waals surface area (Å²) in [6.07, 6.45) is 0. The van der Waals surface area contributed by atoms with E-state index in [4.69, 9.17) is 0 Å². The SMILES string of the molecule is CCN(CC)c1ccc(-c2nnc(S[C@@H](C)C(=O)N3CCNC3=O)n2CC)cc1. The Hall–Kier alpha value is -2.55. The lowest BCUT2D eigenvalue weighted by atomic mass is 10.2. The van der Waals surface area contributed by atoms with Gasteiger partial charge < -0.3 is 14.8 Å². The van der Waals surface area contributed by atoms with E-state index in [-0.39, 0.29) is 11.9 Å². The Morgan fingerprint density at radius 1 is 1.21 bits per heavy atom. The van der Waals surface area contributed by atoms with Crippen molar-refractivity contribution in [2.75, 3.05) is 31.1 Å². The summed E-state index contributed by atoms with van der Waals surface area (Å²) in [5.41, 5.74) is 2.17. The first-order valence-corrected chi connectivity index (χ1v) is 10.9. The lowest BCUT2D eigenvalue weighted by Crippen LogP contribution is -2.39. The van der Waals surface area contributed by atoms with Crippen LogP contribution in [0.25, 0.3) is 11.4 Å². The van der Waals surface area contributed by atoms with Crippen molar-refractivity contribution in [3.8, 4) is 11.4 Å². The topological polar surface area (TPSA) is 83.4 Å². The maximum absolute atomic E-state index is 12.6. The van der Waals surface area contributed by atoms with Crippen LogP contribution in [0.5, 0.6) is 0 Å². The lowest BCUT2D eigenvalue weighted by Gasteiger charge is -2.21. The highest BCUT2D eigenvalue weighted by atomic mass is 32.2. The minimum absolute atomic E-state index is 0.208. The molecule has 1 aromatic heterocycles. The molecule has 1 N–H and O–H groups in total. The molecule has 0 radical (unpaired) electrons. The number of rotatable bonds is 8. The molecule has 0 saturated carbocycles. The van der Waals surface area contributed by atoms with Crippen LogP contribution in [0, 0.1) is 0 Å². The van der Waals surface area contributed by atoms with Gasteiger partial charge in [0.2, 0.25) is 5.91 Å². The Morgan fingerprint density at radius 2 is 1.90 bits per heavy atom. The molecular formula is C20H28N6O2S. The Labute approximate surface area is 175 Å². The quantitative estimate of drug-likeness (QED) is 0.666. The van der Waals surface area contributed by atoms with Crippen molar-refractivity contribution in [3.05, 3.63) is 24.3 Å². The molecule has 29 heavy (non-hydrogen) atoms. The van der Waals surface area contributed by atoms with E-state index in [9.17, 15) is 9.59 Å². The van der Waals surface area contributed by atoms with Crippen molar-refractivity contribution in [2.24, 2.45) is 0 Å². The molecule has 9 heteroatoms. The molecule has 1 aliphatic heterocycles. The molecule has 3 amide bonds. The van der Waals surface area contributed by atoms with Crippen molar-refractivity contribution in [1.82, 2.24) is 25.0 Å². The molecule has 0 aliphatic carbocycles. The molecule has 0 unspecified atom stereocenters. The van der Waals surface area contributed by atoms with E-state index in [0.717, 1.165) is 24.5 Å². The fourth-order valence-corrected chi connectivity index (χ4v) is 4.37. The van der Waals surface area contributed by atoms with Crippen molar-refractivity contribution >= 4 is 29.4 Å². The first-order valence-electron chi connectivity index (χ1n) is 10.0. The van der Waals surface area contributed by atoms with Gasteiger partial charge in [0.1, 0.15) is 0 Å². The van der Waals surface area contributed by atoms with Crippen LogP contribution >= 0.6 is 11.8 Å². The number of urea groups is 1. The first kappa shape index (κ1) is 21.2. The van der Waals surface area contributed by atoms with E-state index in [1.54, 1.807) is 6.92 Å². The number of hydrogen-bond acceptors (Lipinski definition) is 6. The number of benzene rings is 1. The van der Waals surface area contributed by atoms with Crippen LogP contribution in [0.1, 0.15) is 27.7 Å². The number of imide groups is 1. The lowest BCUT2D eigenvalue weighted by molar-refractivity contribution is -0.126. The van der Waals surface area contributed by atoms with Gasteiger partial charge in [0, 0.05) is 44.0 Å². The van der Waals surface area contributed by atoms with Crippen LogP contribution in [0.4, 0.5) is 10.5 Å². The predicted molar refractivity (Wildman–Crippen MR) is 115 cm³/mol. The molecule has 2 aromatic rings. The second kappa shape index (κ2) is 9.30. The van der Waals surface area contributed by atoms with Gasteiger partial charge in [0.25, 0.3) is 0 Å². The van der Waals surface area contributed by atoms with Crippen molar-refractivity contribution < 1.29 is 9.59 Å². The van der Waals surface area contributed by atoms with Crippen molar-refractivity contribution in [1.29, 1.82) is 0 Å². The van der Waals surface area contributed by atoms with Crippen LogP contribution < -0.4 is 10.2 Å². The Bertz CT molecular complexity index is 862. The zero-order chi connectivity index (χ0) is 21.0. The van der Waals surface area contributed by atoms with Crippen molar-refractivity contribution in [2.45, 2.75) is 44.6 Å². The fourth-order valence-electron chi connectivity index (χ4n) is 3.39. The summed E-state index contributed by atoms with van der Waals surface area (Å²) in [7, 11) is 0. The molecule has 1 atom stereocenters. The number of carbonyl (C=O) groups excluding carboxylic acids is 2. The molecule has 1 aliphatic rings. The number of amides is 3. The van der Waals surface area contributed by atoms with Crippen LogP contribution in [-0.2, 0) is 11.3 Å². The largest absolute Gasteiger partial charge is 0.372 e. The standard InChI is InChI=1S/C20H28N6O2S/c1-5-24(6-2)16-10-8-15(9-11-16)17-22-23-20(25(17)7-3)29-14(4)18(27)26-13-12-21-19(26)28/h8-11,14H,5-7,12-13H2,1-4H3,(H,21,28)/t14-/m0/s1. The van der Waals surface area contributed by atoms with Gasteiger partial charge in [-0.2, -0.15) is 0 Å². The Kier molecular flexibility index (Phi) is 6.79. The van der Waals surface area contributed by atoms with Crippen molar-refractivity contribution in [3.63, 3.8) is 0 Å². The van der Waals surface area contributed by atoms with Gasteiger partial charge in [-0.05, 0) is 52.0 Å². The highest BCUT2D eigenvalue weighted by Gasteiger charge is 2.31. The van der Waals surface area contributed by atoms with E-state index < -0.39 is 5.25 Å². The number of anilines is 1. The van der Waals surface area contributed by atoms with Gasteiger partial charge in [-0.3, -0.25) is 9.69 Å². The molecule has 1 aromatic carbocycles. The van der Waals surface area contributed by atoms with E-state index in [1.807, 2.05) is 11.5 Å². The number of nitrogens with one attached hydrogen (secondary N) is 1. The van der Waals surface area contributed by atoms with E-state index in [2.05, 4.69) is 58.5 Å². The van der Waals surface area contributed by atoms with Gasteiger partial charge in [-0.25, -0.2) is 4.79 Å². The van der Waals surface area contributed by atoms with Crippen LogP contribution in [0.15, 0.2) is 29.4 Å². The zero-order valence-corrected chi connectivity index (χ0v) is 18.2. The fraction of sp³-hybridized carbons (Fsp3) is 0.500. The normalized spacial score (nSPS) is 14.8. The average molecular weight is 417 g/mol. The second-order valence-electron chi connectivity index (χ2n) is 6.75. The monoisotopic (exact) mass is 416 g/mol. The third kappa shape index (κ3) is 4.39. The summed E-state index contributed by atoms with van der Waals surface area (Å²) in [6.45, 7) is 11.6. The average Bonchev–Trinajstić information content (AvgIpc) is 3.34. The molecule has 1 saturated heterocycles. The highest BCUT2D eigenvalue weighted by molar-refractivity contribution is 8.00. The molecule has 2 heterocycles. The summed E-state index contributed by atoms with van der Waals surface area (Å²) in [4.78, 5) is 27.9. The minimum atomic E-state index is -0.425. The molecule has 8 nitrogen and oxygen atoms in total.